The van der Waals surface area contributed by atoms with Gasteiger partial charge < -0.3 is 4.98 Å². The average Bonchev–Trinajstić information content (AvgIpc) is 3.53. The van der Waals surface area contributed by atoms with E-state index in [1.165, 1.54) is 4.40 Å². The zero-order chi connectivity index (χ0) is 33.0. The van der Waals surface area contributed by atoms with Crippen molar-refractivity contribution in [3.8, 4) is 45.0 Å². The van der Waals surface area contributed by atoms with Gasteiger partial charge in [0.2, 0.25) is 0 Å². The molecule has 3 aromatic heterocycles. The van der Waals surface area contributed by atoms with Crippen LogP contribution in [0.3, 0.4) is 0 Å². The Kier molecular flexibility index (Phi) is 10.6. The van der Waals surface area contributed by atoms with Crippen LogP contribution in [-0.2, 0) is 20.1 Å². The quantitative estimate of drug-likeness (QED) is 0.124. The van der Waals surface area contributed by atoms with Gasteiger partial charge in [-0.15, -0.1) is 35.9 Å². The number of aromatic nitrogens is 2. The first-order valence-corrected chi connectivity index (χ1v) is 22.9. The SMILES string of the molecule is [2H]C(C)(C)c1cc(-c2[c-]c3oc(-c4ccccc4)cc3c(-c3ccccc3)c2)nc[c]1[Ge]([CH3])([CH3])[CH3].[Ir].[c-]1ccccc1-c1ccccn1. The standard InChI is InChI=1S/C31H30GeNO.C11H8N.Ir/c1-21(2)25-18-29(33-20-28(25)32(3,4)5)24-16-26(22-12-8-6-9-13-22)27-19-30(34-31(27)17-24)23-14-10-7-11-15-23;1-2-6-10(7-3-1)11-8-4-5-9-12-11;/h6-16,18-21H,1-5H3;1-6,8-9H;/q2*-1;/i21D;;. The van der Waals surface area contributed by atoms with Crippen LogP contribution in [0.15, 0.2) is 138 Å². The Bertz CT molecular complexity index is 2050. The molecule has 0 aliphatic rings. The molecule has 0 saturated heterocycles. The minimum atomic E-state index is -2.21. The zero-order valence-corrected chi connectivity index (χ0v) is 31.8. The van der Waals surface area contributed by atoms with Crippen molar-refractivity contribution in [1.29, 1.82) is 0 Å². The second-order valence-electron chi connectivity index (χ2n) is 12.5. The van der Waals surface area contributed by atoms with Gasteiger partial charge in [-0.1, -0.05) is 18.2 Å². The van der Waals surface area contributed by atoms with Gasteiger partial charge in [0.1, 0.15) is 0 Å². The van der Waals surface area contributed by atoms with E-state index in [0.717, 1.165) is 55.9 Å². The Morgan fingerprint density at radius 2 is 1.40 bits per heavy atom. The molecule has 0 saturated carbocycles. The molecule has 237 valence electrons. The Labute approximate surface area is 296 Å². The molecule has 7 aromatic rings. The summed E-state index contributed by atoms with van der Waals surface area (Å²) in [5.74, 6) is 7.18. The van der Waals surface area contributed by atoms with E-state index >= 15 is 0 Å². The van der Waals surface area contributed by atoms with Crippen molar-refractivity contribution >= 4 is 28.6 Å². The van der Waals surface area contributed by atoms with Crippen molar-refractivity contribution < 1.29 is 25.9 Å². The summed E-state index contributed by atoms with van der Waals surface area (Å²) < 4.78 is 16.5. The molecular weight excluding hydrogens is 813 g/mol. The summed E-state index contributed by atoms with van der Waals surface area (Å²) in [5.41, 5.74) is 8.74. The second-order valence-corrected chi connectivity index (χ2v) is 23.1. The maximum Gasteiger partial charge on any atom is 0.0160 e. The minimum Gasteiger partial charge on any atom is -0.305 e. The first kappa shape index (κ1) is 32.8. The molecule has 0 aliphatic heterocycles. The van der Waals surface area contributed by atoms with E-state index in [1.54, 1.807) is 6.20 Å². The van der Waals surface area contributed by atoms with Gasteiger partial charge in [0, 0.05) is 26.3 Å². The van der Waals surface area contributed by atoms with Crippen molar-refractivity contribution in [2.45, 2.75) is 37.0 Å². The van der Waals surface area contributed by atoms with Crippen LogP contribution < -0.4 is 4.40 Å². The van der Waals surface area contributed by atoms with E-state index in [4.69, 9.17) is 10.8 Å². The number of nitrogens with zero attached hydrogens (tertiary/aromatic N) is 2. The third-order valence-corrected chi connectivity index (χ3v) is 12.1. The maximum atomic E-state index is 8.83. The average molecular weight is 853 g/mol. The molecule has 47 heavy (non-hydrogen) atoms. The number of benzene rings is 4. The molecule has 0 fully saturated rings. The number of pyridine rings is 2. The van der Waals surface area contributed by atoms with Gasteiger partial charge in [-0.3, -0.25) is 0 Å². The molecule has 3 heterocycles. The van der Waals surface area contributed by atoms with Crippen molar-refractivity contribution in [2.75, 3.05) is 0 Å². The van der Waals surface area contributed by atoms with Gasteiger partial charge in [0.15, 0.2) is 0 Å². The summed E-state index contributed by atoms with van der Waals surface area (Å²) in [6, 6.07) is 47.2. The van der Waals surface area contributed by atoms with Crippen LogP contribution >= 0.6 is 0 Å². The number of hydrogen-bond donors (Lipinski definition) is 0. The molecule has 7 rings (SSSR count). The van der Waals surface area contributed by atoms with E-state index in [0.29, 0.717) is 5.58 Å². The van der Waals surface area contributed by atoms with Crippen LogP contribution in [0, 0.1) is 12.1 Å². The number of hydrogen-bond acceptors (Lipinski definition) is 3. The number of rotatable bonds is 6. The van der Waals surface area contributed by atoms with E-state index in [1.807, 2.05) is 86.8 Å². The van der Waals surface area contributed by atoms with E-state index in [2.05, 4.69) is 89.0 Å². The normalized spacial score (nSPS) is 11.6. The van der Waals surface area contributed by atoms with E-state index < -0.39 is 19.2 Å². The minimum absolute atomic E-state index is 0. The van der Waals surface area contributed by atoms with Crippen molar-refractivity contribution in [3.63, 3.8) is 0 Å². The summed E-state index contributed by atoms with van der Waals surface area (Å²) in [7, 11) is 0. The molecule has 5 heteroatoms. The maximum absolute atomic E-state index is 8.83. The third-order valence-electron chi connectivity index (χ3n) is 7.88. The molecule has 0 unspecified atom stereocenters. The largest absolute Gasteiger partial charge is 0.305 e. The Morgan fingerprint density at radius 1 is 0.723 bits per heavy atom. The van der Waals surface area contributed by atoms with Crippen molar-refractivity contribution in [3.05, 3.63) is 151 Å². The molecule has 0 N–H and O–H groups in total. The number of furan rings is 1. The summed E-state index contributed by atoms with van der Waals surface area (Å²) in [4.78, 5) is 9.10. The van der Waals surface area contributed by atoms with Crippen LogP contribution in [0.4, 0.5) is 0 Å². The predicted molar refractivity (Wildman–Crippen MR) is 195 cm³/mol. The van der Waals surface area contributed by atoms with Gasteiger partial charge in [0.05, 0.1) is 0 Å². The molecular formula is C42H38GeIrN2O-2. The van der Waals surface area contributed by atoms with Crippen LogP contribution in [0.5, 0.6) is 0 Å². The Hall–Kier alpha value is -4.09. The molecule has 0 amide bonds. The van der Waals surface area contributed by atoms with E-state index in [-0.39, 0.29) is 20.1 Å². The van der Waals surface area contributed by atoms with Gasteiger partial charge >= 0.3 is 201 Å². The van der Waals surface area contributed by atoms with Crippen LogP contribution in [-0.4, -0.2) is 23.2 Å². The molecule has 1 radical (unpaired) electrons. The Balaban J connectivity index is 0.000000291. The van der Waals surface area contributed by atoms with Crippen LogP contribution in [0.2, 0.25) is 17.3 Å². The van der Waals surface area contributed by atoms with Gasteiger partial charge in [0.25, 0.3) is 0 Å². The van der Waals surface area contributed by atoms with E-state index in [9.17, 15) is 0 Å². The summed E-state index contributed by atoms with van der Waals surface area (Å²) in [6.07, 6.45) is 3.80. The molecule has 4 aromatic carbocycles. The smallest absolute Gasteiger partial charge is 0.0160 e. The summed E-state index contributed by atoms with van der Waals surface area (Å²) >= 11 is -2.21. The number of fused-ring (bicyclic) bond motifs is 1. The topological polar surface area (TPSA) is 38.9 Å². The van der Waals surface area contributed by atoms with Gasteiger partial charge in [-0.25, -0.2) is 0 Å². The molecule has 3 nitrogen and oxygen atoms in total. The van der Waals surface area contributed by atoms with Gasteiger partial charge in [-0.2, -0.15) is 0 Å². The second kappa shape index (κ2) is 15.2. The Morgan fingerprint density at radius 3 is 2.02 bits per heavy atom. The fourth-order valence-electron chi connectivity index (χ4n) is 5.49. The monoisotopic (exact) mass is 854 g/mol. The van der Waals surface area contributed by atoms with Crippen LogP contribution in [0.1, 0.15) is 26.7 Å². The van der Waals surface area contributed by atoms with Crippen molar-refractivity contribution in [2.24, 2.45) is 0 Å². The molecule has 0 bridgehead atoms. The van der Waals surface area contributed by atoms with Crippen molar-refractivity contribution in [1.82, 2.24) is 9.97 Å². The zero-order valence-electron chi connectivity index (χ0n) is 28.3. The molecule has 0 atom stereocenters. The van der Waals surface area contributed by atoms with Gasteiger partial charge in [-0.05, 0) is 11.8 Å². The first-order valence-electron chi connectivity index (χ1n) is 16.1. The van der Waals surface area contributed by atoms with Crippen LogP contribution in [0.25, 0.3) is 55.9 Å². The molecule has 0 spiro atoms. The third kappa shape index (κ3) is 8.08. The predicted octanol–water partition coefficient (Wildman–Crippen LogP) is 10.8. The molecule has 0 aliphatic carbocycles. The summed E-state index contributed by atoms with van der Waals surface area (Å²) in [5, 5.41) is 1.03. The fraction of sp³-hybridized carbons (Fsp3) is 0.143. The summed E-state index contributed by atoms with van der Waals surface area (Å²) in [6.45, 7) is 3.93. The fourth-order valence-corrected chi connectivity index (χ4v) is 8.81. The first-order chi connectivity index (χ1) is 22.6.